The fourth-order valence-electron chi connectivity index (χ4n) is 4.76. The first kappa shape index (κ1) is 37.0. The number of imide groups is 1. The average molecular weight is 646 g/mol. The summed E-state index contributed by atoms with van der Waals surface area (Å²) in [6, 6.07) is 0. The molecule has 248 valence electrons. The minimum absolute atomic E-state index is 0.0701. The number of hydroxylamine groups is 2. The first-order valence-corrected chi connectivity index (χ1v) is 15.9. The largest absolute Gasteiger partial charge is 0.463 e. The molecule has 2 fully saturated rings. The van der Waals surface area contributed by atoms with E-state index in [4.69, 9.17) is 28.5 Å². The first-order chi connectivity index (χ1) is 20.9. The van der Waals surface area contributed by atoms with E-state index in [1.54, 1.807) is 0 Å². The van der Waals surface area contributed by atoms with Gasteiger partial charge in [-0.05, 0) is 18.6 Å². The van der Waals surface area contributed by atoms with E-state index in [1.807, 2.05) is 0 Å². The zero-order valence-corrected chi connectivity index (χ0v) is 26.6. The minimum atomic E-state index is -1.17. The molecular formula is C29H43NO13S. The highest BCUT2D eigenvalue weighted by Crippen LogP contribution is 2.35. The van der Waals surface area contributed by atoms with E-state index >= 15 is 0 Å². The molecule has 2 aliphatic rings. The quantitative estimate of drug-likeness (QED) is 0.0919. The number of carbonyl (C=O) groups excluding carboxylic acids is 7. The number of hydrogen-bond acceptors (Lipinski definition) is 14. The third kappa shape index (κ3) is 13.2. The van der Waals surface area contributed by atoms with Crippen LogP contribution in [-0.2, 0) is 62.1 Å². The van der Waals surface area contributed by atoms with Crippen LogP contribution in [0.15, 0.2) is 0 Å². The standard InChI is InChI=1S/C29H43NO13S/c1-18(31)38-17-22-26(39-19(2)32)27(40-20(3)33)28(41-21(4)34)29(42-22)44-16-12-10-8-6-5-7-9-11-13-25(37)43-30-23(35)14-15-24(30)36/h22,26-29H,5-17H2,1-4H3/t22-,26-,27+,28-,29+/m1/s1. The lowest BCUT2D eigenvalue weighted by atomic mass is 9.99. The summed E-state index contributed by atoms with van der Waals surface area (Å²) >= 11 is 1.37. The maximum Gasteiger partial charge on any atom is 0.333 e. The number of ether oxygens (including phenoxy) is 5. The fourth-order valence-corrected chi connectivity index (χ4v) is 5.98. The van der Waals surface area contributed by atoms with E-state index in [0.717, 1.165) is 44.9 Å². The van der Waals surface area contributed by atoms with Gasteiger partial charge in [0.1, 0.15) is 18.1 Å². The normalized spacial score (nSPS) is 23.2. The van der Waals surface area contributed by atoms with Crippen LogP contribution in [0.1, 0.15) is 98.3 Å². The van der Waals surface area contributed by atoms with Gasteiger partial charge < -0.3 is 28.5 Å². The SMILES string of the molecule is CC(=O)OC[C@H]1O[C@@H](SCCCCCCCCCCC(=O)ON2C(=O)CCC2=O)[C@H](OC(C)=O)[C@@H](OC(C)=O)[C@@H]1OC(C)=O. The predicted octanol–water partition coefficient (Wildman–Crippen LogP) is 2.92. The molecule has 0 unspecified atom stereocenters. The number of nitrogens with zero attached hydrogens (tertiary/aromatic N) is 1. The van der Waals surface area contributed by atoms with Gasteiger partial charge in [0.25, 0.3) is 11.8 Å². The van der Waals surface area contributed by atoms with Crippen LogP contribution < -0.4 is 0 Å². The van der Waals surface area contributed by atoms with Gasteiger partial charge in [0.15, 0.2) is 18.3 Å². The number of carbonyl (C=O) groups is 7. The number of thioether (sulfide) groups is 1. The molecule has 0 aliphatic carbocycles. The van der Waals surface area contributed by atoms with Gasteiger partial charge in [0.2, 0.25) is 0 Å². The highest BCUT2D eigenvalue weighted by molar-refractivity contribution is 7.99. The molecule has 0 aromatic carbocycles. The topological polar surface area (TPSA) is 178 Å². The molecule has 2 saturated heterocycles. The maximum atomic E-state index is 11.9. The van der Waals surface area contributed by atoms with Crippen LogP contribution in [0.2, 0.25) is 0 Å². The Morgan fingerprint density at radius 1 is 0.705 bits per heavy atom. The van der Waals surface area contributed by atoms with Crippen LogP contribution in [0.25, 0.3) is 0 Å². The van der Waals surface area contributed by atoms with Crippen molar-refractivity contribution in [1.29, 1.82) is 0 Å². The molecule has 5 atom stereocenters. The Bertz CT molecular complexity index is 1020. The van der Waals surface area contributed by atoms with Crippen molar-refractivity contribution in [1.82, 2.24) is 5.06 Å². The van der Waals surface area contributed by atoms with Crippen molar-refractivity contribution >= 4 is 53.4 Å². The molecule has 0 aromatic rings. The van der Waals surface area contributed by atoms with Gasteiger partial charge in [-0.25, -0.2) is 4.79 Å². The third-order valence-electron chi connectivity index (χ3n) is 6.70. The molecule has 0 spiro atoms. The van der Waals surface area contributed by atoms with Gasteiger partial charge in [-0.1, -0.05) is 38.5 Å². The highest BCUT2D eigenvalue weighted by atomic mass is 32.2. The molecule has 15 heteroatoms. The summed E-state index contributed by atoms with van der Waals surface area (Å²) in [7, 11) is 0. The molecule has 2 amide bonds. The molecule has 44 heavy (non-hydrogen) atoms. The Balaban J connectivity index is 1.76. The summed E-state index contributed by atoms with van der Waals surface area (Å²) in [6.45, 7) is 4.54. The monoisotopic (exact) mass is 645 g/mol. The van der Waals surface area contributed by atoms with Gasteiger partial charge in [-0.3, -0.25) is 28.8 Å². The van der Waals surface area contributed by atoms with Crippen LogP contribution >= 0.6 is 11.8 Å². The maximum absolute atomic E-state index is 11.9. The van der Waals surface area contributed by atoms with E-state index in [2.05, 4.69) is 0 Å². The van der Waals surface area contributed by atoms with E-state index in [0.29, 0.717) is 17.2 Å². The number of esters is 4. The number of rotatable bonds is 18. The molecular weight excluding hydrogens is 602 g/mol. The Morgan fingerprint density at radius 2 is 1.20 bits per heavy atom. The Labute approximate surface area is 261 Å². The second kappa shape index (κ2) is 19.2. The third-order valence-corrected chi connectivity index (χ3v) is 7.94. The van der Waals surface area contributed by atoms with Gasteiger partial charge in [0.05, 0.1) is 0 Å². The minimum Gasteiger partial charge on any atom is -0.463 e. The van der Waals surface area contributed by atoms with Crippen LogP contribution in [0.5, 0.6) is 0 Å². The lowest BCUT2D eigenvalue weighted by Gasteiger charge is -2.44. The molecule has 0 radical (unpaired) electrons. The molecule has 0 bridgehead atoms. The summed E-state index contributed by atoms with van der Waals surface area (Å²) in [5, 5.41) is 0.566. The Morgan fingerprint density at radius 3 is 1.75 bits per heavy atom. The molecule has 0 N–H and O–H groups in total. The lowest BCUT2D eigenvalue weighted by Crippen LogP contribution is -2.61. The van der Waals surface area contributed by atoms with E-state index in [9.17, 15) is 33.6 Å². The van der Waals surface area contributed by atoms with E-state index in [1.165, 1.54) is 39.5 Å². The van der Waals surface area contributed by atoms with Crippen molar-refractivity contribution in [3.8, 4) is 0 Å². The molecule has 2 aliphatic heterocycles. The summed E-state index contributed by atoms with van der Waals surface area (Å²) in [4.78, 5) is 86.9. The van der Waals surface area contributed by atoms with Gasteiger partial charge in [-0.15, -0.1) is 16.8 Å². The molecule has 0 saturated carbocycles. The second-order valence-corrected chi connectivity index (χ2v) is 11.8. The summed E-state index contributed by atoms with van der Waals surface area (Å²) in [5.41, 5.74) is -0.774. The smallest absolute Gasteiger partial charge is 0.333 e. The van der Waals surface area contributed by atoms with Crippen LogP contribution in [-0.4, -0.2) is 88.9 Å². The van der Waals surface area contributed by atoms with E-state index < -0.39 is 71.5 Å². The number of unbranched alkanes of at least 4 members (excludes halogenated alkanes) is 7. The molecule has 2 rings (SSSR count). The van der Waals surface area contributed by atoms with Crippen molar-refractivity contribution in [3.05, 3.63) is 0 Å². The van der Waals surface area contributed by atoms with Crippen LogP contribution in [0, 0.1) is 0 Å². The molecule has 14 nitrogen and oxygen atoms in total. The first-order valence-electron chi connectivity index (χ1n) is 14.9. The number of hydrogen-bond donors (Lipinski definition) is 0. The van der Waals surface area contributed by atoms with Crippen molar-refractivity contribution in [2.24, 2.45) is 0 Å². The van der Waals surface area contributed by atoms with Crippen molar-refractivity contribution < 1.29 is 62.1 Å². The predicted molar refractivity (Wildman–Crippen MR) is 153 cm³/mol. The lowest BCUT2D eigenvalue weighted by molar-refractivity contribution is -0.237. The van der Waals surface area contributed by atoms with Crippen molar-refractivity contribution in [3.63, 3.8) is 0 Å². The van der Waals surface area contributed by atoms with Gasteiger partial charge in [-0.2, -0.15) is 0 Å². The Hall–Kier alpha value is -3.20. The summed E-state index contributed by atoms with van der Waals surface area (Å²) < 4.78 is 27.5. The molecule has 0 aromatic heterocycles. The Kier molecular flexibility index (Phi) is 16.2. The van der Waals surface area contributed by atoms with E-state index in [-0.39, 0.29) is 25.9 Å². The zero-order chi connectivity index (χ0) is 32.6. The summed E-state index contributed by atoms with van der Waals surface area (Å²) in [6.07, 6.45) is 3.06. The fraction of sp³-hybridized carbons (Fsp3) is 0.759. The molecule has 2 heterocycles. The van der Waals surface area contributed by atoms with Crippen molar-refractivity contribution in [2.45, 2.75) is 128 Å². The average Bonchev–Trinajstić information content (AvgIpc) is 3.24. The highest BCUT2D eigenvalue weighted by Gasteiger charge is 2.52. The summed E-state index contributed by atoms with van der Waals surface area (Å²) in [5.74, 6) is -3.46. The van der Waals surface area contributed by atoms with Gasteiger partial charge in [0, 0.05) is 47.0 Å². The zero-order valence-electron chi connectivity index (χ0n) is 25.7. The van der Waals surface area contributed by atoms with Crippen molar-refractivity contribution in [2.75, 3.05) is 12.4 Å². The van der Waals surface area contributed by atoms with Crippen LogP contribution in [0.3, 0.4) is 0 Å². The van der Waals surface area contributed by atoms with Crippen LogP contribution in [0.4, 0.5) is 0 Å². The van der Waals surface area contributed by atoms with Gasteiger partial charge >= 0.3 is 29.8 Å². The number of amides is 2. The second-order valence-electron chi connectivity index (χ2n) is 10.6.